The van der Waals surface area contributed by atoms with E-state index in [4.69, 9.17) is 4.74 Å². The van der Waals surface area contributed by atoms with E-state index >= 15 is 0 Å². The Balaban J connectivity index is 2.15. The van der Waals surface area contributed by atoms with Crippen molar-refractivity contribution in [3.63, 3.8) is 0 Å². The first-order valence-electron chi connectivity index (χ1n) is 6.83. The van der Waals surface area contributed by atoms with Gasteiger partial charge in [-0.15, -0.1) is 0 Å². The number of aryl methyl sites for hydroxylation is 1. The third kappa shape index (κ3) is 2.85. The zero-order valence-corrected chi connectivity index (χ0v) is 12.1. The van der Waals surface area contributed by atoms with Crippen LogP contribution in [0.15, 0.2) is 18.2 Å². The van der Waals surface area contributed by atoms with Crippen LogP contribution in [0.3, 0.4) is 0 Å². The van der Waals surface area contributed by atoms with Gasteiger partial charge in [-0.25, -0.2) is 0 Å². The van der Waals surface area contributed by atoms with Gasteiger partial charge in [0.1, 0.15) is 5.75 Å². The van der Waals surface area contributed by atoms with E-state index in [1.54, 1.807) is 7.11 Å². The molecular formula is C15H24N2O2. The molecule has 1 fully saturated rings. The summed E-state index contributed by atoms with van der Waals surface area (Å²) in [7, 11) is 3.64. The molecule has 1 heterocycles. The highest BCUT2D eigenvalue weighted by Gasteiger charge is 2.33. The number of nitrogens with one attached hydrogen (secondary N) is 1. The number of rotatable bonds is 4. The number of likely N-dealkylation sites (N-methyl/N-ethyl adjacent to an activating group) is 1. The first-order valence-corrected chi connectivity index (χ1v) is 6.83. The molecule has 0 saturated carbocycles. The van der Waals surface area contributed by atoms with Crippen molar-refractivity contribution in [1.29, 1.82) is 0 Å². The molecule has 19 heavy (non-hydrogen) atoms. The van der Waals surface area contributed by atoms with E-state index in [0.29, 0.717) is 0 Å². The molecule has 0 unspecified atom stereocenters. The molecule has 1 saturated heterocycles. The van der Waals surface area contributed by atoms with Crippen LogP contribution in [0.2, 0.25) is 0 Å². The molecule has 0 atom stereocenters. The molecule has 106 valence electrons. The summed E-state index contributed by atoms with van der Waals surface area (Å²) in [4.78, 5) is 2.34. The molecule has 0 amide bonds. The van der Waals surface area contributed by atoms with E-state index in [-0.39, 0.29) is 12.1 Å². The van der Waals surface area contributed by atoms with E-state index in [1.165, 1.54) is 5.56 Å². The van der Waals surface area contributed by atoms with Gasteiger partial charge in [-0.3, -0.25) is 0 Å². The largest absolute Gasteiger partial charge is 0.495 e. The Morgan fingerprint density at radius 1 is 1.37 bits per heavy atom. The summed E-state index contributed by atoms with van der Waals surface area (Å²) in [6.07, 6.45) is 1.88. The predicted molar refractivity (Wildman–Crippen MR) is 78.1 cm³/mol. The number of methoxy groups -OCH3 is 1. The van der Waals surface area contributed by atoms with Crippen LogP contribution >= 0.6 is 0 Å². The van der Waals surface area contributed by atoms with Crippen LogP contribution in [-0.4, -0.2) is 44.5 Å². The Bertz CT molecular complexity index is 420. The number of aliphatic hydroxyl groups is 1. The molecule has 2 N–H and O–H groups in total. The second-order valence-electron chi connectivity index (χ2n) is 5.35. The van der Waals surface area contributed by atoms with E-state index in [9.17, 15) is 5.11 Å². The first kappa shape index (κ1) is 14.2. The van der Waals surface area contributed by atoms with Crippen molar-refractivity contribution in [3.8, 4) is 5.75 Å². The Morgan fingerprint density at radius 3 is 2.58 bits per heavy atom. The van der Waals surface area contributed by atoms with Crippen molar-refractivity contribution >= 4 is 5.69 Å². The molecular weight excluding hydrogens is 240 g/mol. The normalized spacial score (nSPS) is 18.4. The van der Waals surface area contributed by atoms with E-state index in [0.717, 1.165) is 37.4 Å². The first-order chi connectivity index (χ1) is 9.14. The fourth-order valence-electron chi connectivity index (χ4n) is 2.71. The minimum atomic E-state index is -0.117. The van der Waals surface area contributed by atoms with Gasteiger partial charge >= 0.3 is 0 Å². The molecule has 1 aromatic rings. The summed E-state index contributed by atoms with van der Waals surface area (Å²) < 4.78 is 5.45. The van der Waals surface area contributed by atoms with Crippen LogP contribution in [0.4, 0.5) is 5.69 Å². The minimum absolute atomic E-state index is 0.117. The lowest BCUT2D eigenvalue weighted by atomic mass is 9.88. The molecule has 0 spiro atoms. The van der Waals surface area contributed by atoms with Gasteiger partial charge in [0.2, 0.25) is 0 Å². The van der Waals surface area contributed by atoms with Crippen LogP contribution in [0.1, 0.15) is 18.4 Å². The van der Waals surface area contributed by atoms with Gasteiger partial charge < -0.3 is 20.1 Å². The van der Waals surface area contributed by atoms with Crippen molar-refractivity contribution in [2.75, 3.05) is 38.8 Å². The molecule has 2 rings (SSSR count). The summed E-state index contributed by atoms with van der Waals surface area (Å²) in [6.45, 7) is 4.16. The van der Waals surface area contributed by atoms with Crippen LogP contribution < -0.4 is 15.0 Å². The number of benzene rings is 1. The number of nitrogens with zero attached hydrogens (tertiary/aromatic N) is 1. The molecule has 0 aromatic heterocycles. The molecule has 4 nitrogen and oxygen atoms in total. The molecule has 0 bridgehead atoms. The van der Waals surface area contributed by atoms with Gasteiger partial charge in [0, 0.05) is 18.6 Å². The molecule has 1 aliphatic rings. The quantitative estimate of drug-likeness (QED) is 0.866. The average Bonchev–Trinajstić information content (AvgIpc) is 2.47. The Morgan fingerprint density at radius 2 is 2.05 bits per heavy atom. The van der Waals surface area contributed by atoms with Gasteiger partial charge in [-0.2, -0.15) is 0 Å². The topological polar surface area (TPSA) is 44.7 Å². The predicted octanol–water partition coefficient (Wildman–Crippen LogP) is 1.55. The summed E-state index contributed by atoms with van der Waals surface area (Å²) in [5.41, 5.74) is 2.28. The van der Waals surface area contributed by atoms with Crippen molar-refractivity contribution in [2.45, 2.75) is 25.3 Å². The van der Waals surface area contributed by atoms with Crippen molar-refractivity contribution < 1.29 is 9.84 Å². The lowest BCUT2D eigenvalue weighted by Gasteiger charge is -2.41. The maximum atomic E-state index is 9.54. The number of piperidine rings is 1. The fourth-order valence-corrected chi connectivity index (χ4v) is 2.71. The summed E-state index contributed by atoms with van der Waals surface area (Å²) >= 11 is 0. The maximum absolute atomic E-state index is 9.54. The average molecular weight is 264 g/mol. The van der Waals surface area contributed by atoms with Gasteiger partial charge in [0.05, 0.1) is 19.4 Å². The van der Waals surface area contributed by atoms with Gasteiger partial charge in [0.25, 0.3) is 0 Å². The number of hydrogen-bond donors (Lipinski definition) is 2. The van der Waals surface area contributed by atoms with Crippen LogP contribution in [0.5, 0.6) is 5.75 Å². The standard InChI is InChI=1S/C15H24N2O2/c1-12-4-5-14(19-3)13(10-12)17-8-6-15(11-18,16-2)7-9-17/h4-5,10,16,18H,6-9,11H2,1-3H3. The van der Waals surface area contributed by atoms with Gasteiger partial charge in [-0.05, 0) is 44.5 Å². The zero-order valence-electron chi connectivity index (χ0n) is 12.1. The summed E-state index contributed by atoms with van der Waals surface area (Å²) in [5, 5.41) is 12.8. The number of aliphatic hydroxyl groups excluding tert-OH is 1. The van der Waals surface area contributed by atoms with Crippen molar-refractivity contribution in [3.05, 3.63) is 23.8 Å². The highest BCUT2D eigenvalue weighted by Crippen LogP contribution is 2.33. The van der Waals surface area contributed by atoms with Crippen LogP contribution in [0.25, 0.3) is 0 Å². The molecule has 4 heteroatoms. The molecule has 0 radical (unpaired) electrons. The van der Waals surface area contributed by atoms with Crippen molar-refractivity contribution in [2.24, 2.45) is 0 Å². The van der Waals surface area contributed by atoms with Crippen molar-refractivity contribution in [1.82, 2.24) is 5.32 Å². The van der Waals surface area contributed by atoms with E-state index in [2.05, 4.69) is 29.3 Å². The number of ether oxygens (including phenoxy) is 1. The zero-order chi connectivity index (χ0) is 13.9. The SMILES string of the molecule is CNC1(CO)CCN(c2cc(C)ccc2OC)CC1. The Hall–Kier alpha value is -1.26. The number of anilines is 1. The highest BCUT2D eigenvalue weighted by atomic mass is 16.5. The Labute approximate surface area is 115 Å². The highest BCUT2D eigenvalue weighted by molar-refractivity contribution is 5.60. The van der Waals surface area contributed by atoms with Crippen LogP contribution in [-0.2, 0) is 0 Å². The second-order valence-corrected chi connectivity index (χ2v) is 5.35. The van der Waals surface area contributed by atoms with E-state index in [1.807, 2.05) is 13.1 Å². The fraction of sp³-hybridized carbons (Fsp3) is 0.600. The van der Waals surface area contributed by atoms with E-state index < -0.39 is 0 Å². The Kier molecular flexibility index (Phi) is 4.32. The molecule has 0 aliphatic carbocycles. The summed E-state index contributed by atoms with van der Waals surface area (Å²) in [5.74, 6) is 0.923. The third-order valence-corrected chi connectivity index (χ3v) is 4.23. The maximum Gasteiger partial charge on any atom is 0.142 e. The second kappa shape index (κ2) is 5.80. The third-order valence-electron chi connectivity index (χ3n) is 4.23. The number of hydrogen-bond acceptors (Lipinski definition) is 4. The minimum Gasteiger partial charge on any atom is -0.495 e. The smallest absolute Gasteiger partial charge is 0.142 e. The lowest BCUT2D eigenvalue weighted by Crippen LogP contribution is -2.54. The van der Waals surface area contributed by atoms with Crippen LogP contribution in [0, 0.1) is 6.92 Å². The molecule has 1 aromatic carbocycles. The molecule has 1 aliphatic heterocycles. The van der Waals surface area contributed by atoms with Gasteiger partial charge in [-0.1, -0.05) is 6.07 Å². The lowest BCUT2D eigenvalue weighted by molar-refractivity contribution is 0.142. The monoisotopic (exact) mass is 264 g/mol. The van der Waals surface area contributed by atoms with Gasteiger partial charge in [0.15, 0.2) is 0 Å². The summed E-state index contributed by atoms with van der Waals surface area (Å²) in [6, 6.07) is 6.26.